The van der Waals surface area contributed by atoms with Crippen LogP contribution in [-0.2, 0) is 0 Å². The van der Waals surface area contributed by atoms with E-state index in [9.17, 15) is 4.79 Å². The van der Waals surface area contributed by atoms with Gasteiger partial charge in [-0.05, 0) is 55.4 Å². The topological polar surface area (TPSA) is 50.6 Å². The van der Waals surface area contributed by atoms with E-state index >= 15 is 0 Å². The normalized spacial score (nSPS) is 12.9. The zero-order chi connectivity index (χ0) is 16.1. The van der Waals surface area contributed by atoms with Crippen LogP contribution in [0.3, 0.4) is 0 Å². The van der Waals surface area contributed by atoms with Crippen molar-refractivity contribution in [3.05, 3.63) is 63.9 Å². The number of fused-ring (bicyclic) bond motifs is 3. The van der Waals surface area contributed by atoms with Gasteiger partial charge >= 0.3 is 16.6 Å². The van der Waals surface area contributed by atoms with Crippen molar-refractivity contribution in [1.29, 1.82) is 0 Å². The van der Waals surface area contributed by atoms with Crippen LogP contribution in [0.2, 0.25) is 0 Å². The molecular formula is C17H13N4OS+. The minimum absolute atomic E-state index is 0.121. The van der Waals surface area contributed by atoms with Crippen molar-refractivity contribution in [3.8, 4) is 5.69 Å². The van der Waals surface area contributed by atoms with E-state index in [4.69, 9.17) is 12.2 Å². The third-order valence-electron chi connectivity index (χ3n) is 4.21. The van der Waals surface area contributed by atoms with Crippen LogP contribution in [0.25, 0.3) is 16.6 Å². The highest BCUT2D eigenvalue weighted by atomic mass is 32.1. The Kier molecular flexibility index (Phi) is 2.96. The van der Waals surface area contributed by atoms with E-state index in [0.717, 1.165) is 22.3 Å². The fourth-order valence-corrected chi connectivity index (χ4v) is 3.09. The van der Waals surface area contributed by atoms with Gasteiger partial charge in [0, 0.05) is 5.11 Å². The monoisotopic (exact) mass is 321 g/mol. The van der Waals surface area contributed by atoms with Gasteiger partial charge in [0.1, 0.15) is 5.52 Å². The predicted octanol–water partition coefficient (Wildman–Crippen LogP) is 3.13. The number of benzene rings is 2. The van der Waals surface area contributed by atoms with Crippen LogP contribution >= 0.6 is 12.2 Å². The molecule has 0 radical (unpaired) electrons. The van der Waals surface area contributed by atoms with Gasteiger partial charge in [0.15, 0.2) is 0 Å². The van der Waals surface area contributed by atoms with Gasteiger partial charge in [0.05, 0.1) is 16.2 Å². The van der Waals surface area contributed by atoms with E-state index in [-0.39, 0.29) is 5.56 Å². The van der Waals surface area contributed by atoms with Crippen molar-refractivity contribution in [1.82, 2.24) is 4.57 Å². The van der Waals surface area contributed by atoms with Gasteiger partial charge < -0.3 is 0 Å². The zero-order valence-electron chi connectivity index (χ0n) is 12.6. The number of hydrogen-bond donors (Lipinski definition) is 0. The molecule has 112 valence electrons. The van der Waals surface area contributed by atoms with E-state index in [1.165, 1.54) is 0 Å². The first-order valence-corrected chi connectivity index (χ1v) is 7.63. The zero-order valence-corrected chi connectivity index (χ0v) is 13.5. The summed E-state index contributed by atoms with van der Waals surface area (Å²) in [7, 11) is 0. The largest absolute Gasteiger partial charge is 0.401 e. The van der Waals surface area contributed by atoms with Crippen LogP contribution in [0.1, 0.15) is 11.1 Å². The Morgan fingerprint density at radius 3 is 2.65 bits per heavy atom. The summed E-state index contributed by atoms with van der Waals surface area (Å²) in [6.45, 7) is 4.01. The molecule has 0 atom stereocenters. The summed E-state index contributed by atoms with van der Waals surface area (Å²) in [6, 6.07) is 13.2. The number of aromatic nitrogens is 2. The molecule has 0 N–H and O–H groups in total. The summed E-state index contributed by atoms with van der Waals surface area (Å²) in [5.74, 6) is 0.437. The van der Waals surface area contributed by atoms with Crippen LogP contribution in [0.4, 0.5) is 5.95 Å². The third-order valence-corrected chi connectivity index (χ3v) is 4.48. The quantitative estimate of drug-likeness (QED) is 0.511. The first kappa shape index (κ1) is 13.9. The highest BCUT2D eigenvalue weighted by Gasteiger charge is 2.32. The van der Waals surface area contributed by atoms with Crippen molar-refractivity contribution in [2.75, 3.05) is 0 Å². The number of aryl methyl sites for hydroxylation is 1. The molecule has 0 saturated heterocycles. The van der Waals surface area contributed by atoms with Crippen molar-refractivity contribution in [2.45, 2.75) is 13.8 Å². The highest BCUT2D eigenvalue weighted by molar-refractivity contribution is 7.79. The molecular weight excluding hydrogens is 308 g/mol. The molecule has 6 heteroatoms. The smallest absolute Gasteiger partial charge is 0.254 e. The summed E-state index contributed by atoms with van der Waals surface area (Å²) < 4.78 is 3.33. The van der Waals surface area contributed by atoms with Crippen LogP contribution in [0, 0.1) is 13.8 Å². The Morgan fingerprint density at radius 1 is 1.04 bits per heavy atom. The summed E-state index contributed by atoms with van der Waals surface area (Å²) >= 11 is 5.30. The molecule has 1 aliphatic rings. The Balaban J connectivity index is 2.23. The molecule has 2 aromatic carbocycles. The standard InChI is InChI=1S/C17H13N4OS/c1-10-6-5-9-13(11(10)2)20-15(22)12-7-3-4-8-14(12)21-16(20)18-19-17(21)23/h3-9H,1-2H3/q+1. The Bertz CT molecular complexity index is 1080. The van der Waals surface area contributed by atoms with Gasteiger partial charge in [-0.15, -0.1) is 0 Å². The molecule has 5 nitrogen and oxygen atoms in total. The van der Waals surface area contributed by atoms with Gasteiger partial charge in [-0.25, -0.2) is 0 Å². The van der Waals surface area contributed by atoms with Crippen molar-refractivity contribution < 1.29 is 4.57 Å². The molecule has 0 aliphatic carbocycles. The predicted molar refractivity (Wildman–Crippen MR) is 91.7 cm³/mol. The maximum absolute atomic E-state index is 13.1. The maximum atomic E-state index is 13.1. The molecule has 0 bridgehead atoms. The first-order chi connectivity index (χ1) is 11.1. The van der Waals surface area contributed by atoms with Crippen LogP contribution in [0.5, 0.6) is 0 Å². The van der Waals surface area contributed by atoms with Crippen molar-refractivity contribution in [3.63, 3.8) is 0 Å². The van der Waals surface area contributed by atoms with Crippen LogP contribution in [0.15, 0.2) is 57.5 Å². The molecule has 1 aromatic heterocycles. The summed E-state index contributed by atoms with van der Waals surface area (Å²) in [5, 5.41) is 9.07. The molecule has 0 fully saturated rings. The van der Waals surface area contributed by atoms with Crippen molar-refractivity contribution >= 4 is 34.2 Å². The van der Waals surface area contributed by atoms with Gasteiger partial charge in [-0.2, -0.15) is 9.13 Å². The van der Waals surface area contributed by atoms with Gasteiger partial charge in [-0.3, -0.25) is 4.79 Å². The van der Waals surface area contributed by atoms with E-state index < -0.39 is 0 Å². The van der Waals surface area contributed by atoms with Gasteiger partial charge in [0.25, 0.3) is 0 Å². The average Bonchev–Trinajstić information content (AvgIpc) is 2.93. The summed E-state index contributed by atoms with van der Waals surface area (Å²) in [5.41, 5.74) is 3.54. The second kappa shape index (κ2) is 4.89. The highest BCUT2D eigenvalue weighted by Crippen LogP contribution is 2.23. The second-order valence-corrected chi connectivity index (χ2v) is 5.86. The molecule has 1 aliphatic heterocycles. The van der Waals surface area contributed by atoms with Gasteiger partial charge in [0.2, 0.25) is 0 Å². The molecule has 2 heterocycles. The van der Waals surface area contributed by atoms with Gasteiger partial charge in [-0.1, -0.05) is 24.3 Å². The molecule has 0 amide bonds. The van der Waals surface area contributed by atoms with E-state index in [1.807, 2.05) is 50.2 Å². The number of rotatable bonds is 1. The summed E-state index contributed by atoms with van der Waals surface area (Å²) in [4.78, 5) is 13.1. The van der Waals surface area contributed by atoms with Crippen molar-refractivity contribution in [2.24, 2.45) is 10.2 Å². The number of azo groups is 1. The molecule has 4 rings (SSSR count). The minimum Gasteiger partial charge on any atom is -0.254 e. The lowest BCUT2D eigenvalue weighted by atomic mass is 10.1. The Hall–Kier alpha value is -2.73. The number of thiocarbonyl (C=S) groups is 1. The molecule has 0 spiro atoms. The third kappa shape index (κ3) is 1.88. The summed E-state index contributed by atoms with van der Waals surface area (Å²) in [6.07, 6.45) is 0. The molecule has 0 unspecified atom stereocenters. The fourth-order valence-electron chi connectivity index (χ4n) is 2.87. The van der Waals surface area contributed by atoms with E-state index in [0.29, 0.717) is 16.4 Å². The Labute approximate surface area is 137 Å². The lowest BCUT2D eigenvalue weighted by Crippen LogP contribution is -2.43. The lowest BCUT2D eigenvalue weighted by molar-refractivity contribution is -0.507. The minimum atomic E-state index is -0.121. The van der Waals surface area contributed by atoms with Crippen LogP contribution in [-0.4, -0.2) is 9.68 Å². The van der Waals surface area contributed by atoms with Crippen LogP contribution < -0.4 is 10.1 Å². The average molecular weight is 321 g/mol. The SMILES string of the molecule is Cc1cccc(-n2c3[n+](c4ccccc4c2=O)C(=S)N=N3)c1C. The first-order valence-electron chi connectivity index (χ1n) is 7.22. The molecule has 23 heavy (non-hydrogen) atoms. The van der Waals surface area contributed by atoms with E-state index in [2.05, 4.69) is 10.2 Å². The van der Waals surface area contributed by atoms with E-state index in [1.54, 1.807) is 15.2 Å². The number of nitrogens with zero attached hydrogens (tertiary/aromatic N) is 4. The molecule has 0 saturated carbocycles. The number of para-hydroxylation sites is 1. The molecule has 3 aromatic rings. The fraction of sp³-hybridized carbons (Fsp3) is 0.118. The Morgan fingerprint density at radius 2 is 1.83 bits per heavy atom. The second-order valence-electron chi connectivity index (χ2n) is 5.49. The maximum Gasteiger partial charge on any atom is 0.401 e. The number of hydrogen-bond acceptors (Lipinski definition) is 3. The lowest BCUT2D eigenvalue weighted by Gasteiger charge is -2.11.